The average Bonchev–Trinajstić information content (AvgIpc) is 2.80. The van der Waals surface area contributed by atoms with Crippen LogP contribution in [0.1, 0.15) is 0 Å². The van der Waals surface area contributed by atoms with E-state index in [1.807, 2.05) is 24.3 Å². The maximum absolute atomic E-state index is 6.04. The zero-order valence-corrected chi connectivity index (χ0v) is 13.9. The number of halogens is 3. The lowest BCUT2D eigenvalue weighted by atomic mass is 10.3. The van der Waals surface area contributed by atoms with E-state index in [1.165, 1.54) is 0 Å². The molecule has 0 saturated carbocycles. The molecule has 0 amide bonds. The molecule has 0 aliphatic rings. The summed E-state index contributed by atoms with van der Waals surface area (Å²) < 4.78 is 1.79. The van der Waals surface area contributed by atoms with Gasteiger partial charge in [-0.15, -0.1) is 10.2 Å². The number of nitrogens with zero attached hydrogens (tertiary/aromatic N) is 3. The van der Waals surface area contributed by atoms with Crippen molar-refractivity contribution in [1.29, 1.82) is 0 Å². The third-order valence-corrected chi connectivity index (χ3v) is 4.43. The number of nitrogens with two attached hydrogens (primary N) is 1. The molecule has 0 saturated heterocycles. The van der Waals surface area contributed by atoms with Gasteiger partial charge in [0.15, 0.2) is 0 Å². The minimum atomic E-state index is 0.467. The van der Waals surface area contributed by atoms with Gasteiger partial charge < -0.3 is 5.73 Å². The quantitative estimate of drug-likeness (QED) is 0.451. The second kappa shape index (κ2) is 4.92. The highest BCUT2D eigenvalue weighted by atomic mass is 127. The lowest BCUT2D eigenvalue weighted by Gasteiger charge is -1.99. The van der Waals surface area contributed by atoms with Crippen LogP contribution in [0.3, 0.4) is 0 Å². The molecule has 3 rings (SSSR count). The smallest absolute Gasteiger partial charge is 0.130 e. The maximum Gasteiger partial charge on any atom is 0.130 e. The van der Waals surface area contributed by atoms with Crippen molar-refractivity contribution in [3.8, 4) is 5.69 Å². The van der Waals surface area contributed by atoms with Crippen LogP contribution >= 0.6 is 50.1 Å². The zero-order chi connectivity index (χ0) is 13.6. The van der Waals surface area contributed by atoms with Gasteiger partial charge in [0, 0.05) is 3.57 Å². The fourth-order valence-corrected chi connectivity index (χ4v) is 3.05. The Hall–Kier alpha value is -0.860. The fourth-order valence-electron chi connectivity index (χ4n) is 1.72. The van der Waals surface area contributed by atoms with Crippen molar-refractivity contribution in [1.82, 2.24) is 15.0 Å². The van der Waals surface area contributed by atoms with Crippen molar-refractivity contribution >= 4 is 66.8 Å². The Morgan fingerprint density at radius 1 is 1.26 bits per heavy atom. The molecule has 7 heteroatoms. The minimum absolute atomic E-state index is 0.467. The Morgan fingerprint density at radius 2 is 2.05 bits per heavy atom. The maximum atomic E-state index is 6.04. The molecule has 0 aliphatic carbocycles. The molecule has 0 bridgehead atoms. The Balaban J connectivity index is 2.25. The molecule has 2 aromatic carbocycles. The van der Waals surface area contributed by atoms with Crippen LogP contribution < -0.4 is 5.73 Å². The molecule has 0 radical (unpaired) electrons. The van der Waals surface area contributed by atoms with E-state index < -0.39 is 0 Å². The number of hydrogen-bond acceptors (Lipinski definition) is 3. The first kappa shape index (κ1) is 13.1. The number of anilines is 1. The first-order chi connectivity index (χ1) is 9.06. The number of aromatic nitrogens is 3. The first-order valence-corrected chi connectivity index (χ1v) is 7.57. The van der Waals surface area contributed by atoms with E-state index in [9.17, 15) is 0 Å². The van der Waals surface area contributed by atoms with Crippen molar-refractivity contribution in [3.63, 3.8) is 0 Å². The van der Waals surface area contributed by atoms with Crippen LogP contribution in [-0.2, 0) is 0 Å². The molecule has 96 valence electrons. The summed E-state index contributed by atoms with van der Waals surface area (Å²) in [6.45, 7) is 0. The molecule has 0 aliphatic heterocycles. The second-order valence-electron chi connectivity index (χ2n) is 3.92. The van der Waals surface area contributed by atoms with Crippen LogP contribution in [0.4, 0.5) is 5.69 Å². The Labute approximate surface area is 136 Å². The number of fused-ring (bicyclic) bond motifs is 1. The van der Waals surface area contributed by atoms with Gasteiger partial charge in [-0.25, -0.2) is 0 Å². The van der Waals surface area contributed by atoms with Gasteiger partial charge in [0.05, 0.1) is 20.9 Å². The Kier molecular flexibility index (Phi) is 3.40. The van der Waals surface area contributed by atoms with Gasteiger partial charge in [-0.1, -0.05) is 17.7 Å². The van der Waals surface area contributed by atoms with Crippen LogP contribution in [-0.4, -0.2) is 15.0 Å². The van der Waals surface area contributed by atoms with Gasteiger partial charge in [-0.05, 0) is 62.8 Å². The molecule has 3 aromatic rings. The molecule has 0 unspecified atom stereocenters. The van der Waals surface area contributed by atoms with Crippen LogP contribution in [0.2, 0.25) is 5.02 Å². The summed E-state index contributed by atoms with van der Waals surface area (Å²) in [5.74, 6) is 0. The van der Waals surface area contributed by atoms with Gasteiger partial charge in [-0.2, -0.15) is 4.80 Å². The van der Waals surface area contributed by atoms with Crippen molar-refractivity contribution in [3.05, 3.63) is 43.4 Å². The van der Waals surface area contributed by atoms with Gasteiger partial charge in [-0.3, -0.25) is 0 Å². The third-order valence-electron chi connectivity index (χ3n) is 2.64. The molecule has 0 spiro atoms. The van der Waals surface area contributed by atoms with Crippen molar-refractivity contribution in [2.24, 2.45) is 0 Å². The van der Waals surface area contributed by atoms with E-state index in [1.54, 1.807) is 10.9 Å². The monoisotopic (exact) mass is 448 g/mol. The van der Waals surface area contributed by atoms with Crippen LogP contribution in [0.25, 0.3) is 16.7 Å². The van der Waals surface area contributed by atoms with Crippen molar-refractivity contribution in [2.75, 3.05) is 5.73 Å². The third kappa shape index (κ3) is 2.32. The molecular formula is C12H7BrClIN4. The fraction of sp³-hybridized carbons (Fsp3) is 0. The standard InChI is InChI=1S/C12H7BrClIN4/c13-10-11(16)8(14)5-9-12(10)18-19(17-9)7-3-1-2-6(15)4-7/h1-5H,16H2. The zero-order valence-electron chi connectivity index (χ0n) is 9.44. The molecule has 0 fully saturated rings. The van der Waals surface area contributed by atoms with Crippen LogP contribution in [0.15, 0.2) is 34.8 Å². The van der Waals surface area contributed by atoms with Gasteiger partial charge in [0.25, 0.3) is 0 Å². The van der Waals surface area contributed by atoms with Crippen LogP contribution in [0, 0.1) is 3.57 Å². The normalized spacial score (nSPS) is 11.1. The molecule has 0 atom stereocenters. The van der Waals surface area contributed by atoms with Crippen molar-refractivity contribution in [2.45, 2.75) is 0 Å². The lowest BCUT2D eigenvalue weighted by Crippen LogP contribution is -1.98. The summed E-state index contributed by atoms with van der Waals surface area (Å²) in [6, 6.07) is 9.63. The van der Waals surface area contributed by atoms with Gasteiger partial charge in [0.2, 0.25) is 0 Å². The summed E-state index contributed by atoms with van der Waals surface area (Å²) in [4.78, 5) is 1.58. The molecular weight excluding hydrogens is 442 g/mol. The largest absolute Gasteiger partial charge is 0.397 e. The van der Waals surface area contributed by atoms with E-state index in [2.05, 4.69) is 48.7 Å². The molecule has 2 N–H and O–H groups in total. The predicted octanol–water partition coefficient (Wildman–Crippen LogP) is 4.02. The second-order valence-corrected chi connectivity index (χ2v) is 6.37. The van der Waals surface area contributed by atoms with Crippen LogP contribution in [0.5, 0.6) is 0 Å². The highest BCUT2D eigenvalue weighted by Gasteiger charge is 2.13. The van der Waals surface area contributed by atoms with Gasteiger partial charge in [0.1, 0.15) is 11.0 Å². The highest BCUT2D eigenvalue weighted by molar-refractivity contribution is 14.1. The highest BCUT2D eigenvalue weighted by Crippen LogP contribution is 2.33. The molecule has 1 aromatic heterocycles. The Morgan fingerprint density at radius 3 is 2.79 bits per heavy atom. The minimum Gasteiger partial charge on any atom is -0.397 e. The Bertz CT molecular complexity index is 787. The summed E-state index contributed by atoms with van der Waals surface area (Å²) >= 11 is 11.7. The lowest BCUT2D eigenvalue weighted by molar-refractivity contribution is 0.765. The summed E-state index contributed by atoms with van der Waals surface area (Å²) in [7, 11) is 0. The number of benzene rings is 2. The number of hydrogen-bond donors (Lipinski definition) is 1. The summed E-state index contributed by atoms with van der Waals surface area (Å²) in [5, 5.41) is 9.33. The van der Waals surface area contributed by atoms with E-state index in [-0.39, 0.29) is 0 Å². The van der Waals surface area contributed by atoms with E-state index in [0.29, 0.717) is 26.2 Å². The summed E-state index contributed by atoms with van der Waals surface area (Å²) in [6.07, 6.45) is 0. The molecule has 1 heterocycles. The first-order valence-electron chi connectivity index (χ1n) is 5.33. The molecule has 19 heavy (non-hydrogen) atoms. The van der Waals surface area contributed by atoms with Gasteiger partial charge >= 0.3 is 0 Å². The summed E-state index contributed by atoms with van der Waals surface area (Å²) in [5.41, 5.74) is 8.63. The van der Waals surface area contributed by atoms with E-state index >= 15 is 0 Å². The SMILES string of the molecule is Nc1c(Cl)cc2nn(-c3cccc(I)c3)nc2c1Br. The van der Waals surface area contributed by atoms with E-state index in [0.717, 1.165) is 9.26 Å². The number of rotatable bonds is 1. The van der Waals surface area contributed by atoms with E-state index in [4.69, 9.17) is 17.3 Å². The van der Waals surface area contributed by atoms with Crippen molar-refractivity contribution < 1.29 is 0 Å². The number of nitrogen functional groups attached to an aromatic ring is 1. The molecule has 4 nitrogen and oxygen atoms in total. The average molecular weight is 449 g/mol. The topological polar surface area (TPSA) is 56.7 Å². The predicted molar refractivity (Wildman–Crippen MR) is 88.7 cm³/mol.